The minimum Gasteiger partial charge on any atom is -0.369 e. The number of nitrogens with zero attached hydrogens (tertiary/aromatic N) is 2. The van der Waals surface area contributed by atoms with Crippen molar-refractivity contribution in [2.24, 2.45) is 5.41 Å². The van der Waals surface area contributed by atoms with E-state index in [-0.39, 0.29) is 17.8 Å². The van der Waals surface area contributed by atoms with E-state index < -0.39 is 6.61 Å². The fourth-order valence-corrected chi connectivity index (χ4v) is 5.66. The molecule has 0 amide bonds. The lowest BCUT2D eigenvalue weighted by Gasteiger charge is -2.48. The third-order valence-corrected chi connectivity index (χ3v) is 7.15. The van der Waals surface area contributed by atoms with E-state index in [1.54, 1.807) is 7.11 Å². The molecule has 27 heavy (non-hydrogen) atoms. The summed E-state index contributed by atoms with van der Waals surface area (Å²) in [6.07, 6.45) is 5.72. The van der Waals surface area contributed by atoms with Crippen LogP contribution in [0.15, 0.2) is 12.3 Å². The Hall–Kier alpha value is -0.760. The number of hydrogen-bond donors (Lipinski definition) is 1. The zero-order chi connectivity index (χ0) is 19.8. The van der Waals surface area contributed by atoms with Crippen molar-refractivity contribution in [1.82, 2.24) is 15.1 Å². The van der Waals surface area contributed by atoms with Gasteiger partial charge in [0.05, 0.1) is 19.0 Å². The van der Waals surface area contributed by atoms with Crippen LogP contribution in [0.4, 0.5) is 8.78 Å². The molecule has 0 aromatic rings. The molecular weight excluding hydrogens is 352 g/mol. The molecule has 3 aliphatic rings. The number of methoxy groups -OCH3 is 1. The molecule has 1 heterocycles. The van der Waals surface area contributed by atoms with Crippen LogP contribution in [0.2, 0.25) is 0 Å². The molecule has 156 valence electrons. The number of nitrogens with one attached hydrogen (secondary N) is 1. The first kappa shape index (κ1) is 21.0. The lowest BCUT2D eigenvalue weighted by Crippen LogP contribution is -2.58. The predicted molar refractivity (Wildman–Crippen MR) is 101 cm³/mol. The molecule has 0 aromatic heterocycles. The summed E-state index contributed by atoms with van der Waals surface area (Å²) in [4.78, 5) is 4.75. The molecule has 1 saturated heterocycles. The van der Waals surface area contributed by atoms with Gasteiger partial charge in [-0.15, -0.1) is 0 Å². The maximum Gasteiger partial charge on any atom is 0.345 e. The molecule has 2 saturated carbocycles. The summed E-state index contributed by atoms with van der Waals surface area (Å²) in [5.41, 5.74) is 1.55. The van der Waals surface area contributed by atoms with E-state index in [1.165, 1.54) is 19.3 Å². The SMILES string of the molecule is C=C(C)N(C(C)NCOC)C1(C)C[C@]12CC[C@H](N1CC(OC(F)F)C1)CC2. The van der Waals surface area contributed by atoms with Crippen LogP contribution >= 0.6 is 0 Å². The molecular formula is C20H35F2N3O2. The van der Waals surface area contributed by atoms with Crippen molar-refractivity contribution in [3.63, 3.8) is 0 Å². The van der Waals surface area contributed by atoms with Crippen molar-refractivity contribution >= 4 is 0 Å². The highest BCUT2D eigenvalue weighted by atomic mass is 19.3. The van der Waals surface area contributed by atoms with E-state index in [4.69, 9.17) is 4.74 Å². The van der Waals surface area contributed by atoms with Gasteiger partial charge in [-0.3, -0.25) is 10.2 Å². The zero-order valence-electron chi connectivity index (χ0n) is 17.1. The number of allylic oxidation sites excluding steroid dienone is 1. The maximum atomic E-state index is 12.3. The van der Waals surface area contributed by atoms with E-state index in [0.717, 1.165) is 18.5 Å². The van der Waals surface area contributed by atoms with Crippen molar-refractivity contribution in [1.29, 1.82) is 0 Å². The number of rotatable bonds is 9. The quantitative estimate of drug-likeness (QED) is 0.614. The van der Waals surface area contributed by atoms with Crippen molar-refractivity contribution in [2.75, 3.05) is 26.9 Å². The normalized spacial score (nSPS) is 35.3. The Balaban J connectivity index is 1.53. The third kappa shape index (κ3) is 4.02. The van der Waals surface area contributed by atoms with Crippen molar-refractivity contribution in [3.8, 4) is 0 Å². The van der Waals surface area contributed by atoms with Gasteiger partial charge < -0.3 is 14.4 Å². The topological polar surface area (TPSA) is 37.0 Å². The molecule has 2 unspecified atom stereocenters. The van der Waals surface area contributed by atoms with Crippen LogP contribution in [0.3, 0.4) is 0 Å². The Morgan fingerprint density at radius 2 is 1.96 bits per heavy atom. The van der Waals surface area contributed by atoms with Gasteiger partial charge in [0.2, 0.25) is 0 Å². The van der Waals surface area contributed by atoms with Gasteiger partial charge in [0.1, 0.15) is 0 Å². The second-order valence-electron chi connectivity index (χ2n) is 8.85. The minimum atomic E-state index is -2.65. The first-order valence-corrected chi connectivity index (χ1v) is 10.1. The first-order valence-electron chi connectivity index (χ1n) is 10.1. The Morgan fingerprint density at radius 1 is 1.33 bits per heavy atom. The number of likely N-dealkylation sites (tertiary alicyclic amines) is 1. The van der Waals surface area contributed by atoms with E-state index in [0.29, 0.717) is 31.3 Å². The fraction of sp³-hybridized carbons (Fsp3) is 0.900. The van der Waals surface area contributed by atoms with E-state index >= 15 is 0 Å². The Morgan fingerprint density at radius 3 is 2.48 bits per heavy atom. The molecule has 0 bridgehead atoms. The number of ether oxygens (including phenoxy) is 2. The molecule has 5 nitrogen and oxygen atoms in total. The van der Waals surface area contributed by atoms with Gasteiger partial charge in [-0.05, 0) is 58.3 Å². The minimum absolute atomic E-state index is 0.125. The van der Waals surface area contributed by atoms with Gasteiger partial charge >= 0.3 is 6.61 Å². The Kier molecular flexibility index (Phi) is 6.16. The van der Waals surface area contributed by atoms with Gasteiger partial charge in [0.25, 0.3) is 0 Å². The lowest BCUT2D eigenvalue weighted by molar-refractivity contribution is -0.202. The van der Waals surface area contributed by atoms with Crippen LogP contribution in [0.1, 0.15) is 52.9 Å². The average Bonchev–Trinajstić information content (AvgIpc) is 3.12. The highest BCUT2D eigenvalue weighted by Crippen LogP contribution is 2.68. The smallest absolute Gasteiger partial charge is 0.345 e. The Labute approximate surface area is 162 Å². The second kappa shape index (κ2) is 7.93. The van der Waals surface area contributed by atoms with Crippen LogP contribution in [0.25, 0.3) is 0 Å². The standard InChI is InChI=1S/C20H35F2N3O2/c1-14(2)25(15(3)23-13-26-5)19(4)12-20(19)8-6-16(7-9-20)24-10-17(11-24)27-18(21)22/h15-18,23H,1,6-13H2,2-5H3/t15?,16-,19?,20+. The van der Waals surface area contributed by atoms with Gasteiger partial charge in [-0.2, -0.15) is 8.78 Å². The van der Waals surface area contributed by atoms with Crippen molar-refractivity contribution in [3.05, 3.63) is 12.3 Å². The van der Waals surface area contributed by atoms with Gasteiger partial charge in [-0.1, -0.05) is 6.58 Å². The molecule has 2 atom stereocenters. The largest absolute Gasteiger partial charge is 0.369 e. The monoisotopic (exact) mass is 387 g/mol. The molecule has 1 N–H and O–H groups in total. The fourth-order valence-electron chi connectivity index (χ4n) is 5.66. The van der Waals surface area contributed by atoms with Crippen LogP contribution in [0.5, 0.6) is 0 Å². The second-order valence-corrected chi connectivity index (χ2v) is 8.85. The van der Waals surface area contributed by atoms with Gasteiger partial charge in [0.15, 0.2) is 0 Å². The molecule has 3 rings (SSSR count). The number of alkyl halides is 2. The van der Waals surface area contributed by atoms with E-state index in [2.05, 4.69) is 47.2 Å². The summed E-state index contributed by atoms with van der Waals surface area (Å²) >= 11 is 0. The lowest BCUT2D eigenvalue weighted by atomic mass is 9.78. The zero-order valence-corrected chi connectivity index (χ0v) is 17.1. The van der Waals surface area contributed by atoms with Crippen LogP contribution in [-0.4, -0.2) is 67.2 Å². The molecule has 3 fully saturated rings. The van der Waals surface area contributed by atoms with Gasteiger partial charge in [-0.25, -0.2) is 0 Å². The summed E-state index contributed by atoms with van der Waals surface area (Å²) in [6, 6.07) is 0.514. The predicted octanol–water partition coefficient (Wildman–Crippen LogP) is 3.38. The van der Waals surface area contributed by atoms with Crippen LogP contribution in [0, 0.1) is 5.41 Å². The molecule has 0 aromatic carbocycles. The summed E-state index contributed by atoms with van der Waals surface area (Å²) in [5, 5.41) is 3.41. The van der Waals surface area contributed by atoms with Crippen molar-refractivity contribution < 1.29 is 18.3 Å². The molecule has 1 aliphatic heterocycles. The summed E-state index contributed by atoms with van der Waals surface area (Å²) in [6.45, 7) is 10.0. The highest BCUT2D eigenvalue weighted by molar-refractivity contribution is 5.24. The van der Waals surface area contributed by atoms with Crippen LogP contribution < -0.4 is 5.32 Å². The summed E-state index contributed by atoms with van der Waals surface area (Å²) < 4.78 is 34.4. The number of halogens is 2. The Bertz CT molecular complexity index is 533. The summed E-state index contributed by atoms with van der Waals surface area (Å²) in [7, 11) is 1.69. The number of hydrogen-bond acceptors (Lipinski definition) is 5. The molecule has 1 spiro atoms. The molecule has 2 aliphatic carbocycles. The third-order valence-electron chi connectivity index (χ3n) is 7.15. The van der Waals surface area contributed by atoms with Crippen LogP contribution in [-0.2, 0) is 9.47 Å². The molecule has 7 heteroatoms. The maximum absolute atomic E-state index is 12.3. The van der Waals surface area contributed by atoms with E-state index in [1.807, 2.05) is 0 Å². The highest BCUT2D eigenvalue weighted by Gasteiger charge is 2.68. The summed E-state index contributed by atoms with van der Waals surface area (Å²) in [5.74, 6) is 0. The molecule has 0 radical (unpaired) electrons. The van der Waals surface area contributed by atoms with Crippen molar-refractivity contribution in [2.45, 2.75) is 83.3 Å². The average molecular weight is 388 g/mol. The van der Waals surface area contributed by atoms with E-state index in [9.17, 15) is 8.78 Å². The first-order chi connectivity index (χ1) is 12.7. The van der Waals surface area contributed by atoms with Gasteiger partial charge in [0, 0.05) is 37.5 Å².